The fraction of sp³-hybridized carbons (Fsp3) is 0.281. The molecule has 3 aromatic carbocycles. The minimum absolute atomic E-state index is 0.0106. The van der Waals surface area contributed by atoms with Gasteiger partial charge in [0.1, 0.15) is 5.69 Å². The number of aliphatic hydroxyl groups is 1. The maximum Gasteiger partial charge on any atom is 0.435 e. The van der Waals surface area contributed by atoms with Crippen molar-refractivity contribution in [3.63, 3.8) is 0 Å². The molecule has 1 amide bonds. The summed E-state index contributed by atoms with van der Waals surface area (Å²) in [4.78, 5) is 17.6. The van der Waals surface area contributed by atoms with E-state index in [-0.39, 0.29) is 30.3 Å². The number of halogens is 3. The molecule has 2 aliphatic heterocycles. The molecule has 220 valence electrons. The smallest absolute Gasteiger partial charge is 0.392 e. The molecule has 7 rings (SSSR count). The number of carbonyl (C=O) groups excluding carboxylic acids is 1. The molecule has 0 radical (unpaired) electrons. The highest BCUT2D eigenvalue weighted by atomic mass is 19.4. The Kier molecular flexibility index (Phi) is 6.59. The first-order chi connectivity index (χ1) is 20.7. The molecule has 8 nitrogen and oxygen atoms in total. The first-order valence-corrected chi connectivity index (χ1v) is 14.1. The Balaban J connectivity index is 1.22. The normalized spacial score (nSPS) is 17.7. The van der Waals surface area contributed by atoms with Crippen molar-refractivity contribution in [2.75, 3.05) is 24.5 Å². The lowest BCUT2D eigenvalue weighted by molar-refractivity contribution is -0.141. The van der Waals surface area contributed by atoms with E-state index in [0.29, 0.717) is 41.1 Å². The second-order valence-electron chi connectivity index (χ2n) is 11.1. The Morgan fingerprint density at radius 1 is 1.02 bits per heavy atom. The lowest BCUT2D eigenvalue weighted by Gasteiger charge is -2.28. The van der Waals surface area contributed by atoms with Gasteiger partial charge in [-0.15, -0.1) is 0 Å². The fourth-order valence-corrected chi connectivity index (χ4v) is 6.16. The average molecular weight is 588 g/mol. The number of rotatable bonds is 5. The number of aromatic nitrogens is 3. The molecule has 1 atom stereocenters. The van der Waals surface area contributed by atoms with Crippen LogP contribution in [0.4, 0.5) is 18.9 Å². The Morgan fingerprint density at radius 2 is 1.79 bits per heavy atom. The molecule has 2 aliphatic rings. The highest BCUT2D eigenvalue weighted by Crippen LogP contribution is 2.38. The molecular weight excluding hydrogens is 559 g/mol. The number of β-amino-alcohol motifs (C(OH)–C–C–N with tert-alkyl or cyclic N) is 1. The average Bonchev–Trinajstić information content (AvgIpc) is 3.70. The van der Waals surface area contributed by atoms with Crippen molar-refractivity contribution in [3.8, 4) is 16.8 Å². The summed E-state index contributed by atoms with van der Waals surface area (Å²) in [6, 6.07) is 20.4. The lowest BCUT2D eigenvalue weighted by atomic mass is 9.98. The van der Waals surface area contributed by atoms with Gasteiger partial charge in [0.2, 0.25) is 0 Å². The summed E-state index contributed by atoms with van der Waals surface area (Å²) in [5, 5.41) is 18.4. The van der Waals surface area contributed by atoms with Crippen LogP contribution in [0.3, 0.4) is 0 Å². The van der Waals surface area contributed by atoms with Crippen molar-refractivity contribution >= 4 is 22.6 Å². The highest BCUT2D eigenvalue weighted by Gasteiger charge is 2.43. The number of nitrogens with zero attached hydrogens (tertiary/aromatic N) is 5. The Hall–Kier alpha value is -4.48. The molecule has 0 bridgehead atoms. The Bertz CT molecular complexity index is 1840. The van der Waals surface area contributed by atoms with E-state index in [4.69, 9.17) is 4.52 Å². The standard InChI is InChI=1S/C32H28F3N5O3/c1-19-27-16-23(10-11-28(27)43-37-19)40-29-26(30(36-40)32(33,34)35)13-15-39(31(29)42)22-8-6-20(7-9-22)25-5-3-2-4-21(25)17-38-14-12-24(41)18-38/h2-11,16,24,41H,12-15,17-18H2,1H3. The number of fused-ring (bicyclic) bond motifs is 2. The number of alkyl halides is 3. The predicted molar refractivity (Wildman–Crippen MR) is 154 cm³/mol. The third-order valence-electron chi connectivity index (χ3n) is 8.31. The maximum atomic E-state index is 14.1. The topological polar surface area (TPSA) is 87.6 Å². The molecule has 4 heterocycles. The van der Waals surface area contributed by atoms with E-state index in [1.165, 1.54) is 4.90 Å². The number of aryl methyl sites for hydroxylation is 1. The van der Waals surface area contributed by atoms with Gasteiger partial charge in [-0.05, 0) is 66.8 Å². The first kappa shape index (κ1) is 27.4. The van der Waals surface area contributed by atoms with Gasteiger partial charge in [0.25, 0.3) is 5.91 Å². The second-order valence-corrected chi connectivity index (χ2v) is 11.1. The lowest BCUT2D eigenvalue weighted by Crippen LogP contribution is -2.39. The van der Waals surface area contributed by atoms with E-state index in [2.05, 4.69) is 21.2 Å². The molecule has 1 unspecified atom stereocenters. The molecule has 5 aromatic rings. The van der Waals surface area contributed by atoms with Gasteiger partial charge in [-0.1, -0.05) is 41.6 Å². The molecule has 1 saturated heterocycles. The molecule has 11 heteroatoms. The van der Waals surface area contributed by atoms with Crippen LogP contribution in [0, 0.1) is 6.92 Å². The van der Waals surface area contributed by atoms with E-state index in [0.717, 1.165) is 34.3 Å². The van der Waals surface area contributed by atoms with Crippen molar-refractivity contribution in [3.05, 3.63) is 94.9 Å². The number of hydrogen-bond acceptors (Lipinski definition) is 6. The minimum atomic E-state index is -4.71. The van der Waals surface area contributed by atoms with Crippen molar-refractivity contribution in [1.82, 2.24) is 19.8 Å². The number of benzene rings is 3. The molecule has 1 fully saturated rings. The first-order valence-electron chi connectivity index (χ1n) is 14.1. The van der Waals surface area contributed by atoms with Gasteiger partial charge in [0, 0.05) is 42.8 Å². The summed E-state index contributed by atoms with van der Waals surface area (Å²) in [5.74, 6) is -0.549. The van der Waals surface area contributed by atoms with E-state index >= 15 is 0 Å². The van der Waals surface area contributed by atoms with Crippen LogP contribution in [-0.2, 0) is 19.1 Å². The van der Waals surface area contributed by atoms with Gasteiger partial charge < -0.3 is 14.5 Å². The number of anilines is 1. The number of aliphatic hydroxyl groups excluding tert-OH is 1. The third kappa shape index (κ3) is 4.88. The zero-order valence-corrected chi connectivity index (χ0v) is 23.3. The zero-order chi connectivity index (χ0) is 29.9. The minimum Gasteiger partial charge on any atom is -0.392 e. The van der Waals surface area contributed by atoms with Crippen LogP contribution in [0.2, 0.25) is 0 Å². The van der Waals surface area contributed by atoms with E-state index in [9.17, 15) is 23.1 Å². The van der Waals surface area contributed by atoms with Gasteiger partial charge in [-0.3, -0.25) is 9.69 Å². The van der Waals surface area contributed by atoms with Crippen LogP contribution in [0.1, 0.15) is 39.4 Å². The van der Waals surface area contributed by atoms with Gasteiger partial charge in [-0.2, -0.15) is 18.3 Å². The van der Waals surface area contributed by atoms with Crippen LogP contribution in [0.5, 0.6) is 0 Å². The Morgan fingerprint density at radius 3 is 2.53 bits per heavy atom. The molecule has 0 saturated carbocycles. The summed E-state index contributed by atoms with van der Waals surface area (Å²) in [6.45, 7) is 4.03. The van der Waals surface area contributed by atoms with Crippen molar-refractivity contribution in [1.29, 1.82) is 0 Å². The summed E-state index contributed by atoms with van der Waals surface area (Å²) >= 11 is 0. The van der Waals surface area contributed by atoms with Crippen molar-refractivity contribution in [2.24, 2.45) is 0 Å². The van der Waals surface area contributed by atoms with Crippen LogP contribution in [0.25, 0.3) is 27.8 Å². The molecular formula is C32H28F3N5O3. The summed E-state index contributed by atoms with van der Waals surface area (Å²) < 4.78 is 48.5. The quantitative estimate of drug-likeness (QED) is 0.281. The van der Waals surface area contributed by atoms with Crippen LogP contribution >= 0.6 is 0 Å². The molecule has 0 spiro atoms. The number of amides is 1. The molecule has 1 N–H and O–H groups in total. The summed E-state index contributed by atoms with van der Waals surface area (Å²) in [7, 11) is 0. The van der Waals surface area contributed by atoms with Crippen LogP contribution in [-0.4, -0.2) is 56.6 Å². The monoisotopic (exact) mass is 587 g/mol. The largest absolute Gasteiger partial charge is 0.435 e. The predicted octanol–water partition coefficient (Wildman–Crippen LogP) is 5.78. The SMILES string of the molecule is Cc1noc2ccc(-n3nc(C(F)(F)F)c4c3C(=O)N(c3ccc(-c5ccccc5CN5CCC(O)C5)cc3)CC4)cc12. The van der Waals surface area contributed by atoms with Crippen LogP contribution < -0.4 is 4.90 Å². The second kappa shape index (κ2) is 10.4. The molecule has 2 aromatic heterocycles. The fourth-order valence-electron chi connectivity index (χ4n) is 6.16. The van der Waals surface area contributed by atoms with Crippen molar-refractivity contribution < 1.29 is 27.6 Å². The Labute approximate surface area is 244 Å². The van der Waals surface area contributed by atoms with Gasteiger partial charge >= 0.3 is 6.18 Å². The van der Waals surface area contributed by atoms with E-state index in [1.807, 2.05) is 42.5 Å². The number of likely N-dealkylation sites (tertiary alicyclic amines) is 1. The van der Waals surface area contributed by atoms with E-state index in [1.54, 1.807) is 25.1 Å². The third-order valence-corrected chi connectivity index (χ3v) is 8.31. The number of carbonyl (C=O) groups is 1. The zero-order valence-electron chi connectivity index (χ0n) is 23.3. The van der Waals surface area contributed by atoms with Crippen LogP contribution in [0.15, 0.2) is 71.3 Å². The van der Waals surface area contributed by atoms with Gasteiger partial charge in [0.15, 0.2) is 11.3 Å². The highest BCUT2D eigenvalue weighted by molar-refractivity contribution is 6.07. The molecule has 0 aliphatic carbocycles. The van der Waals surface area contributed by atoms with Gasteiger partial charge in [0.05, 0.1) is 17.5 Å². The summed E-state index contributed by atoms with van der Waals surface area (Å²) in [6.07, 6.45) is -4.23. The van der Waals surface area contributed by atoms with Crippen molar-refractivity contribution in [2.45, 2.75) is 38.6 Å². The van der Waals surface area contributed by atoms with Gasteiger partial charge in [-0.25, -0.2) is 4.68 Å². The molecule has 43 heavy (non-hydrogen) atoms. The maximum absolute atomic E-state index is 14.1. The van der Waals surface area contributed by atoms with E-state index < -0.39 is 17.8 Å². The number of hydrogen-bond donors (Lipinski definition) is 1. The summed E-state index contributed by atoms with van der Waals surface area (Å²) in [5.41, 5.74) is 3.88.